The van der Waals surface area contributed by atoms with Crippen LogP contribution in [0.1, 0.15) is 20.3 Å². The number of β-lactam (4-membered cyclic amide) rings is 1. The number of fused-ring (bicyclic) bond motifs is 1. The van der Waals surface area contributed by atoms with Gasteiger partial charge in [0.25, 0.3) is 0 Å². The van der Waals surface area contributed by atoms with E-state index >= 15 is 0 Å². The highest BCUT2D eigenvalue weighted by atomic mass is 32.2. The van der Waals surface area contributed by atoms with Crippen LogP contribution in [0.4, 0.5) is 0 Å². The Bertz CT molecular complexity index is 883. The van der Waals surface area contributed by atoms with Crippen LogP contribution < -0.4 is 5.32 Å². The van der Waals surface area contributed by atoms with E-state index in [1.165, 1.54) is 0 Å². The summed E-state index contributed by atoms with van der Waals surface area (Å²) >= 11 is 1.63. The molecule has 6 atom stereocenters. The van der Waals surface area contributed by atoms with Gasteiger partial charge in [-0.2, -0.15) is 0 Å². The summed E-state index contributed by atoms with van der Waals surface area (Å²) in [6, 6.07) is -0.321. The summed E-state index contributed by atoms with van der Waals surface area (Å²) in [5.74, 6) is -0.641. The number of hydrogen-bond acceptors (Lipinski definition) is 7. The normalized spacial score (nSPS) is 30.2. The molecular weight excluding hydrogens is 487 g/mol. The molecule has 0 spiro atoms. The van der Waals surface area contributed by atoms with Crippen LogP contribution in [0.5, 0.6) is 0 Å². The first-order chi connectivity index (χ1) is 15.5. The molecule has 2 saturated heterocycles. The lowest BCUT2D eigenvalue weighted by Gasteiger charge is -2.48. The second-order valence-corrected chi connectivity index (χ2v) is 22.1. The van der Waals surface area contributed by atoms with Crippen LogP contribution in [0.25, 0.3) is 0 Å². The molecule has 0 aliphatic carbocycles. The molecule has 8 nitrogen and oxygen atoms in total. The lowest BCUT2D eigenvalue weighted by Crippen LogP contribution is -2.64. The zero-order valence-corrected chi connectivity index (χ0v) is 25.0. The summed E-state index contributed by atoms with van der Waals surface area (Å²) in [6.45, 7) is 17.0. The summed E-state index contributed by atoms with van der Waals surface area (Å²) < 4.78 is 12.1. The van der Waals surface area contributed by atoms with Crippen molar-refractivity contribution < 1.29 is 23.2 Å². The summed E-state index contributed by atoms with van der Waals surface area (Å²) in [4.78, 5) is 43.3. The number of hydrogen-bond donors (Lipinski definition) is 1. The SMILES string of the molecule is CC(O[Si](C)(C)C)C1C(=O)N2C(C(=O)O[Si](C)(C)C)=C(SC3CNC(C(=O)N(C)C)C3)C(C)C12. The third-order valence-electron chi connectivity index (χ3n) is 6.35. The van der Waals surface area contributed by atoms with Crippen molar-refractivity contribution in [2.45, 2.75) is 83.0 Å². The van der Waals surface area contributed by atoms with Gasteiger partial charge >= 0.3 is 5.97 Å². The van der Waals surface area contributed by atoms with E-state index < -0.39 is 22.6 Å². The van der Waals surface area contributed by atoms with E-state index in [2.05, 4.69) is 31.9 Å². The van der Waals surface area contributed by atoms with Crippen LogP contribution in [-0.4, -0.2) is 88.3 Å². The van der Waals surface area contributed by atoms with Gasteiger partial charge in [0.05, 0.1) is 24.1 Å². The van der Waals surface area contributed by atoms with Crippen LogP contribution in [0.2, 0.25) is 39.3 Å². The van der Waals surface area contributed by atoms with Gasteiger partial charge in [-0.25, -0.2) is 4.79 Å². The van der Waals surface area contributed by atoms with Crippen molar-refractivity contribution in [1.82, 2.24) is 15.1 Å². The quantitative estimate of drug-likeness (QED) is 0.384. The van der Waals surface area contributed by atoms with E-state index in [1.807, 2.05) is 26.6 Å². The number of carbonyl (C=O) groups excluding carboxylic acids is 3. The highest BCUT2D eigenvalue weighted by molar-refractivity contribution is 8.03. The van der Waals surface area contributed by atoms with Gasteiger partial charge in [-0.1, -0.05) is 6.92 Å². The second-order valence-electron chi connectivity index (χ2n) is 11.8. The Morgan fingerprint density at radius 1 is 1.15 bits per heavy atom. The minimum absolute atomic E-state index is 0.00757. The van der Waals surface area contributed by atoms with Crippen molar-refractivity contribution in [2.75, 3.05) is 20.6 Å². The third kappa shape index (κ3) is 5.64. The lowest BCUT2D eigenvalue weighted by atomic mass is 9.79. The molecule has 1 N–H and O–H groups in total. The molecule has 3 rings (SSSR count). The van der Waals surface area contributed by atoms with Crippen molar-refractivity contribution in [3.05, 3.63) is 10.6 Å². The molecule has 3 heterocycles. The Balaban J connectivity index is 1.86. The summed E-state index contributed by atoms with van der Waals surface area (Å²) in [5.41, 5.74) is 0.411. The minimum Gasteiger partial charge on any atom is -0.515 e. The Morgan fingerprint density at radius 2 is 1.76 bits per heavy atom. The maximum atomic E-state index is 13.4. The molecule has 192 valence electrons. The maximum absolute atomic E-state index is 13.4. The molecule has 3 aliphatic rings. The highest BCUT2D eigenvalue weighted by Crippen LogP contribution is 2.52. The molecule has 0 bridgehead atoms. The molecule has 3 aliphatic heterocycles. The van der Waals surface area contributed by atoms with Gasteiger partial charge in [0.1, 0.15) is 5.70 Å². The highest BCUT2D eigenvalue weighted by Gasteiger charge is 2.61. The Morgan fingerprint density at radius 3 is 2.29 bits per heavy atom. The smallest absolute Gasteiger partial charge is 0.342 e. The van der Waals surface area contributed by atoms with Crippen molar-refractivity contribution in [3.63, 3.8) is 0 Å². The van der Waals surface area contributed by atoms with Gasteiger partial charge in [-0.3, -0.25) is 9.59 Å². The molecule has 0 aromatic carbocycles. The van der Waals surface area contributed by atoms with E-state index in [4.69, 9.17) is 8.85 Å². The molecule has 2 amide bonds. The molecular formula is C23H41N3O5SSi2. The Kier molecular flexibility index (Phi) is 7.85. The number of nitrogens with zero attached hydrogens (tertiary/aromatic N) is 2. The summed E-state index contributed by atoms with van der Waals surface area (Å²) in [6.07, 6.45) is 0.488. The maximum Gasteiger partial charge on any atom is 0.342 e. The molecule has 0 saturated carbocycles. The molecule has 0 aromatic heterocycles. The first-order valence-electron chi connectivity index (χ1n) is 12.1. The fourth-order valence-corrected chi connectivity index (χ4v) is 8.48. The summed E-state index contributed by atoms with van der Waals surface area (Å²) in [7, 11) is -0.459. The van der Waals surface area contributed by atoms with E-state index in [9.17, 15) is 14.4 Å². The van der Waals surface area contributed by atoms with E-state index in [-0.39, 0.29) is 47.1 Å². The van der Waals surface area contributed by atoms with Crippen molar-refractivity contribution in [1.29, 1.82) is 0 Å². The molecule has 6 unspecified atom stereocenters. The van der Waals surface area contributed by atoms with Gasteiger partial charge in [-0.05, 0) is 52.6 Å². The first-order valence-corrected chi connectivity index (χ1v) is 19.8. The van der Waals surface area contributed by atoms with E-state index in [1.54, 1.807) is 35.7 Å². The predicted molar refractivity (Wildman–Crippen MR) is 140 cm³/mol. The standard InChI is InChI=1S/C23H41N3O5SSi2/c1-13-18-17(14(2)30-33(5,6)7)22(28)26(18)19(23(29)31-34(8,9)10)20(13)32-15-11-16(24-12-15)21(27)25(3)4/h13-18,24H,11-12H2,1-10H3. The monoisotopic (exact) mass is 527 g/mol. The minimum atomic E-state index is -2.15. The number of likely N-dealkylation sites (N-methyl/N-ethyl adjacent to an activating group) is 1. The van der Waals surface area contributed by atoms with Gasteiger partial charge in [0, 0.05) is 36.7 Å². The number of thioether (sulfide) groups is 1. The van der Waals surface area contributed by atoms with E-state index in [0.717, 1.165) is 4.91 Å². The van der Waals surface area contributed by atoms with Crippen LogP contribution in [0.15, 0.2) is 10.6 Å². The number of amides is 2. The molecule has 0 radical (unpaired) electrons. The second kappa shape index (κ2) is 9.72. The van der Waals surface area contributed by atoms with Crippen LogP contribution >= 0.6 is 11.8 Å². The average molecular weight is 528 g/mol. The number of nitrogens with one attached hydrogen (secondary N) is 1. The van der Waals surface area contributed by atoms with Crippen molar-refractivity contribution in [2.24, 2.45) is 11.8 Å². The van der Waals surface area contributed by atoms with Crippen molar-refractivity contribution in [3.8, 4) is 0 Å². The van der Waals surface area contributed by atoms with Crippen LogP contribution in [0.3, 0.4) is 0 Å². The zero-order valence-electron chi connectivity index (χ0n) is 22.2. The lowest BCUT2D eigenvalue weighted by molar-refractivity contribution is -0.162. The summed E-state index contributed by atoms with van der Waals surface area (Å²) in [5, 5.41) is 3.46. The van der Waals surface area contributed by atoms with Crippen molar-refractivity contribution >= 4 is 46.2 Å². The van der Waals surface area contributed by atoms with Gasteiger partial charge in [0.15, 0.2) is 8.32 Å². The predicted octanol–water partition coefficient (Wildman–Crippen LogP) is 2.84. The molecule has 34 heavy (non-hydrogen) atoms. The van der Waals surface area contributed by atoms with E-state index in [0.29, 0.717) is 18.7 Å². The fourth-order valence-electron chi connectivity index (χ4n) is 5.09. The third-order valence-corrected chi connectivity index (χ3v) is 9.74. The largest absolute Gasteiger partial charge is 0.515 e. The Labute approximate surface area is 210 Å². The fraction of sp³-hybridized carbons (Fsp3) is 0.783. The average Bonchev–Trinajstić information content (AvgIpc) is 3.21. The van der Waals surface area contributed by atoms with Gasteiger partial charge in [-0.15, -0.1) is 11.8 Å². The van der Waals surface area contributed by atoms with Gasteiger partial charge in [0.2, 0.25) is 20.1 Å². The van der Waals surface area contributed by atoms with Gasteiger partial charge < -0.3 is 24.0 Å². The Hall–Kier alpha value is -1.15. The molecule has 2 fully saturated rings. The first kappa shape index (κ1) is 27.4. The topological polar surface area (TPSA) is 88.2 Å². The number of carbonyl (C=O) groups is 3. The molecule has 0 aromatic rings. The van der Waals surface area contributed by atoms with Crippen LogP contribution in [-0.2, 0) is 23.2 Å². The zero-order chi connectivity index (χ0) is 25.7. The van der Waals surface area contributed by atoms with Crippen LogP contribution in [0, 0.1) is 11.8 Å². The number of rotatable bonds is 8. The molecule has 11 heteroatoms.